The first-order valence-corrected chi connectivity index (χ1v) is 11.5. The van der Waals surface area contributed by atoms with Crippen LogP contribution in [0.5, 0.6) is 0 Å². The zero-order valence-electron chi connectivity index (χ0n) is 15.4. The van der Waals surface area contributed by atoms with Crippen LogP contribution in [0.15, 0.2) is 59.5 Å². The number of rotatable bonds is 11. The molecule has 138 valence electrons. The zero-order chi connectivity index (χ0) is 18.6. The fourth-order valence-corrected chi connectivity index (χ4v) is 3.90. The Morgan fingerprint density at radius 1 is 0.923 bits per heavy atom. The Hall–Kier alpha value is -1.07. The van der Waals surface area contributed by atoms with Gasteiger partial charge in [-0.05, 0) is 82.8 Å². The number of carbonyl (C=O) groups excluding carboxylic acids is 1. The van der Waals surface area contributed by atoms with Gasteiger partial charge in [0.1, 0.15) is 0 Å². The topological polar surface area (TPSA) is 17.1 Å². The van der Waals surface area contributed by atoms with Gasteiger partial charge < -0.3 is 0 Å². The smallest absolute Gasteiger partial charge is 0.185 e. The van der Waals surface area contributed by atoms with E-state index in [0.29, 0.717) is 0 Å². The highest BCUT2D eigenvalue weighted by Crippen LogP contribution is 2.21. The predicted molar refractivity (Wildman–Crippen MR) is 123 cm³/mol. The maximum atomic E-state index is 12.3. The second kappa shape index (κ2) is 12.3. The molecule has 0 bridgehead atoms. The monoisotopic (exact) mass is 478 g/mol. The summed E-state index contributed by atoms with van der Waals surface area (Å²) in [6.07, 6.45) is 11.5. The number of hydrogen-bond donors (Lipinski definition) is 0. The maximum Gasteiger partial charge on any atom is 0.185 e. The Morgan fingerprint density at radius 2 is 1.58 bits per heavy atom. The van der Waals surface area contributed by atoms with Crippen molar-refractivity contribution in [2.75, 3.05) is 5.75 Å². The van der Waals surface area contributed by atoms with Crippen molar-refractivity contribution in [3.8, 4) is 0 Å². The van der Waals surface area contributed by atoms with Gasteiger partial charge in [0.15, 0.2) is 5.78 Å². The number of carbonyl (C=O) groups is 1. The molecule has 3 heteroatoms. The summed E-state index contributed by atoms with van der Waals surface area (Å²) in [5.74, 6) is 1.21. The predicted octanol–water partition coefficient (Wildman–Crippen LogP) is 7.64. The lowest BCUT2D eigenvalue weighted by Crippen LogP contribution is -1.93. The number of hydrogen-bond acceptors (Lipinski definition) is 2. The number of ketones is 1. The maximum absolute atomic E-state index is 12.3. The highest BCUT2D eigenvalue weighted by molar-refractivity contribution is 14.1. The van der Waals surface area contributed by atoms with Crippen LogP contribution in [0.25, 0.3) is 6.08 Å². The lowest BCUT2D eigenvalue weighted by Gasteiger charge is -2.03. The zero-order valence-corrected chi connectivity index (χ0v) is 18.4. The van der Waals surface area contributed by atoms with E-state index >= 15 is 0 Å². The molecule has 0 aromatic heterocycles. The van der Waals surface area contributed by atoms with E-state index in [4.69, 9.17) is 0 Å². The third kappa shape index (κ3) is 8.09. The summed E-state index contributed by atoms with van der Waals surface area (Å²) in [5, 5.41) is 0. The Balaban J connectivity index is 1.75. The first kappa shape index (κ1) is 21.2. The van der Waals surface area contributed by atoms with E-state index in [0.717, 1.165) is 16.9 Å². The first-order chi connectivity index (χ1) is 12.7. The number of benzene rings is 2. The summed E-state index contributed by atoms with van der Waals surface area (Å²) in [6, 6.07) is 16.1. The standard InChI is InChI=1S/C23H27IOS/c1-2-3-4-5-6-7-18-26-22-15-11-20(12-16-22)23(25)17-10-19-8-13-21(24)14-9-19/h8-17H,2-7,18H2,1H3/b17-10+. The highest BCUT2D eigenvalue weighted by atomic mass is 127. The molecule has 2 rings (SSSR count). The van der Waals surface area contributed by atoms with Crippen molar-refractivity contribution < 1.29 is 4.79 Å². The van der Waals surface area contributed by atoms with Crippen LogP contribution in [-0.2, 0) is 0 Å². The molecule has 0 saturated heterocycles. The molecule has 0 heterocycles. The molecule has 0 atom stereocenters. The van der Waals surface area contributed by atoms with Gasteiger partial charge in [-0.3, -0.25) is 4.79 Å². The number of halogens is 1. The van der Waals surface area contributed by atoms with Gasteiger partial charge in [0.2, 0.25) is 0 Å². The van der Waals surface area contributed by atoms with Gasteiger partial charge in [-0.15, -0.1) is 11.8 Å². The molecule has 26 heavy (non-hydrogen) atoms. The summed E-state index contributed by atoms with van der Waals surface area (Å²) in [5.41, 5.74) is 1.79. The largest absolute Gasteiger partial charge is 0.289 e. The van der Waals surface area contributed by atoms with Crippen LogP contribution in [-0.4, -0.2) is 11.5 Å². The summed E-state index contributed by atoms with van der Waals surface area (Å²) in [6.45, 7) is 2.25. The van der Waals surface area contributed by atoms with Gasteiger partial charge in [-0.25, -0.2) is 0 Å². The lowest BCUT2D eigenvalue weighted by molar-refractivity contribution is 0.104. The average Bonchev–Trinajstić information content (AvgIpc) is 2.67. The molecular formula is C23H27IOS. The molecule has 2 aromatic rings. The minimum atomic E-state index is 0.0519. The summed E-state index contributed by atoms with van der Waals surface area (Å²) in [7, 11) is 0. The molecule has 2 aromatic carbocycles. The van der Waals surface area contributed by atoms with Crippen LogP contribution in [0, 0.1) is 3.57 Å². The number of unbranched alkanes of at least 4 members (excludes halogenated alkanes) is 5. The van der Waals surface area contributed by atoms with E-state index in [1.165, 1.54) is 47.0 Å². The molecule has 0 aliphatic rings. The summed E-state index contributed by atoms with van der Waals surface area (Å²) >= 11 is 4.16. The SMILES string of the molecule is CCCCCCCCSc1ccc(C(=O)/C=C/c2ccc(I)cc2)cc1. The Labute approximate surface area is 175 Å². The van der Waals surface area contributed by atoms with Crippen molar-refractivity contribution in [2.24, 2.45) is 0 Å². The van der Waals surface area contributed by atoms with E-state index in [1.807, 2.05) is 54.2 Å². The Morgan fingerprint density at radius 3 is 2.27 bits per heavy atom. The highest BCUT2D eigenvalue weighted by Gasteiger charge is 2.02. The van der Waals surface area contributed by atoms with Crippen molar-refractivity contribution in [1.82, 2.24) is 0 Å². The quantitative estimate of drug-likeness (QED) is 0.109. The number of thioether (sulfide) groups is 1. The molecule has 0 radical (unpaired) electrons. The van der Waals surface area contributed by atoms with E-state index in [9.17, 15) is 4.79 Å². The van der Waals surface area contributed by atoms with E-state index in [2.05, 4.69) is 41.6 Å². The second-order valence-electron chi connectivity index (χ2n) is 6.39. The minimum Gasteiger partial charge on any atom is -0.289 e. The van der Waals surface area contributed by atoms with E-state index < -0.39 is 0 Å². The van der Waals surface area contributed by atoms with Crippen LogP contribution in [0.4, 0.5) is 0 Å². The lowest BCUT2D eigenvalue weighted by atomic mass is 10.1. The van der Waals surface area contributed by atoms with Crippen LogP contribution >= 0.6 is 34.4 Å². The fraction of sp³-hybridized carbons (Fsp3) is 0.348. The first-order valence-electron chi connectivity index (χ1n) is 9.40. The third-order valence-corrected chi connectivity index (χ3v) is 6.02. The molecule has 0 amide bonds. The fourth-order valence-electron chi connectivity index (χ4n) is 2.63. The molecule has 0 aliphatic heterocycles. The second-order valence-corrected chi connectivity index (χ2v) is 8.80. The summed E-state index contributed by atoms with van der Waals surface area (Å²) < 4.78 is 1.19. The van der Waals surface area contributed by atoms with Crippen LogP contribution in [0.2, 0.25) is 0 Å². The number of allylic oxidation sites excluding steroid dienone is 1. The molecular weight excluding hydrogens is 451 g/mol. The van der Waals surface area contributed by atoms with Gasteiger partial charge in [0.25, 0.3) is 0 Å². The molecule has 0 N–H and O–H groups in total. The average molecular weight is 478 g/mol. The van der Waals surface area contributed by atoms with Crippen LogP contribution in [0.1, 0.15) is 61.4 Å². The Bertz CT molecular complexity index is 689. The van der Waals surface area contributed by atoms with Gasteiger partial charge in [0, 0.05) is 14.0 Å². The molecule has 0 aliphatic carbocycles. The van der Waals surface area contributed by atoms with Crippen LogP contribution < -0.4 is 0 Å². The molecule has 0 saturated carbocycles. The van der Waals surface area contributed by atoms with E-state index in [-0.39, 0.29) is 5.78 Å². The molecule has 0 spiro atoms. The van der Waals surface area contributed by atoms with Gasteiger partial charge in [0.05, 0.1) is 0 Å². The van der Waals surface area contributed by atoms with Gasteiger partial charge in [-0.1, -0.05) is 57.2 Å². The minimum absolute atomic E-state index is 0.0519. The van der Waals surface area contributed by atoms with Gasteiger partial charge >= 0.3 is 0 Å². The Kier molecular flexibility index (Phi) is 10.1. The van der Waals surface area contributed by atoms with Crippen molar-refractivity contribution in [3.63, 3.8) is 0 Å². The van der Waals surface area contributed by atoms with Crippen molar-refractivity contribution in [2.45, 2.75) is 50.3 Å². The normalized spacial score (nSPS) is 11.2. The van der Waals surface area contributed by atoms with E-state index in [1.54, 1.807) is 6.08 Å². The van der Waals surface area contributed by atoms with Crippen molar-refractivity contribution in [1.29, 1.82) is 0 Å². The van der Waals surface area contributed by atoms with Crippen molar-refractivity contribution in [3.05, 3.63) is 69.3 Å². The molecule has 0 fully saturated rings. The van der Waals surface area contributed by atoms with Crippen molar-refractivity contribution >= 4 is 46.2 Å². The third-order valence-electron chi connectivity index (χ3n) is 4.20. The molecule has 0 unspecified atom stereocenters. The summed E-state index contributed by atoms with van der Waals surface area (Å²) in [4.78, 5) is 13.5. The molecule has 1 nitrogen and oxygen atoms in total. The van der Waals surface area contributed by atoms with Gasteiger partial charge in [-0.2, -0.15) is 0 Å². The van der Waals surface area contributed by atoms with Crippen LogP contribution in [0.3, 0.4) is 0 Å².